The molecule has 6 nitrogen and oxygen atoms in total. The number of aryl methyl sites for hydroxylation is 4. The van der Waals surface area contributed by atoms with Crippen LogP contribution in [0.4, 0.5) is 0 Å². The minimum absolute atomic E-state index is 0.125. The lowest BCUT2D eigenvalue weighted by Crippen LogP contribution is -2.36. The summed E-state index contributed by atoms with van der Waals surface area (Å²) in [6.45, 7) is 7.80. The van der Waals surface area contributed by atoms with Crippen molar-refractivity contribution in [1.82, 2.24) is 9.88 Å². The molecule has 0 saturated heterocycles. The Morgan fingerprint density at radius 1 is 0.857 bits per heavy atom. The van der Waals surface area contributed by atoms with E-state index in [1.165, 1.54) is 4.57 Å². The Labute approximate surface area is 204 Å². The van der Waals surface area contributed by atoms with Gasteiger partial charge in [0.1, 0.15) is 12.2 Å². The molecule has 178 valence electrons. The second-order valence-electron chi connectivity index (χ2n) is 9.11. The number of fused-ring (bicyclic) bond motifs is 1. The van der Waals surface area contributed by atoms with Crippen LogP contribution < -0.4 is 16.6 Å². The molecule has 6 heteroatoms. The molecule has 0 unspecified atom stereocenters. The van der Waals surface area contributed by atoms with Crippen LogP contribution in [0, 0.1) is 27.7 Å². The van der Waals surface area contributed by atoms with Gasteiger partial charge < -0.3 is 11.1 Å². The fourth-order valence-electron chi connectivity index (χ4n) is 4.59. The van der Waals surface area contributed by atoms with Gasteiger partial charge in [-0.1, -0.05) is 65.7 Å². The van der Waals surface area contributed by atoms with Gasteiger partial charge >= 0.3 is 0 Å². The lowest BCUT2D eigenvalue weighted by molar-refractivity contribution is -0.118. The highest BCUT2D eigenvalue weighted by Crippen LogP contribution is 2.32. The van der Waals surface area contributed by atoms with Crippen molar-refractivity contribution in [3.8, 4) is 11.1 Å². The fourth-order valence-corrected chi connectivity index (χ4v) is 4.59. The molecule has 2 amide bonds. The maximum Gasteiger partial charge on any atom is 0.268 e. The normalized spacial score (nSPS) is 11.0. The van der Waals surface area contributed by atoms with Crippen molar-refractivity contribution in [3.05, 3.63) is 105 Å². The van der Waals surface area contributed by atoms with Gasteiger partial charge in [-0.05, 0) is 61.4 Å². The number of benzene rings is 3. The summed E-state index contributed by atoms with van der Waals surface area (Å²) in [6.07, 6.45) is 0. The first-order valence-electron chi connectivity index (χ1n) is 11.5. The third-order valence-corrected chi connectivity index (χ3v) is 6.21. The van der Waals surface area contributed by atoms with Crippen LogP contribution in [-0.4, -0.2) is 16.4 Å². The minimum Gasteiger partial charge on any atom is -0.368 e. The lowest BCUT2D eigenvalue weighted by atomic mass is 9.93. The quantitative estimate of drug-likeness (QED) is 0.442. The zero-order valence-corrected chi connectivity index (χ0v) is 20.4. The van der Waals surface area contributed by atoms with Crippen molar-refractivity contribution in [3.63, 3.8) is 0 Å². The highest BCUT2D eigenvalue weighted by atomic mass is 16.2. The number of hydrogen-bond donors (Lipinski definition) is 2. The second-order valence-corrected chi connectivity index (χ2v) is 9.11. The van der Waals surface area contributed by atoms with E-state index in [4.69, 9.17) is 5.73 Å². The van der Waals surface area contributed by atoms with Crippen molar-refractivity contribution in [2.45, 2.75) is 40.8 Å². The number of primary amides is 1. The van der Waals surface area contributed by atoms with Gasteiger partial charge in [0, 0.05) is 17.5 Å². The molecular weight excluding hydrogens is 438 g/mol. The van der Waals surface area contributed by atoms with Gasteiger partial charge in [0.25, 0.3) is 11.5 Å². The van der Waals surface area contributed by atoms with Crippen LogP contribution >= 0.6 is 0 Å². The first-order chi connectivity index (χ1) is 16.7. The molecule has 3 N–H and O–H groups in total. The Morgan fingerprint density at radius 2 is 1.46 bits per heavy atom. The van der Waals surface area contributed by atoms with Crippen LogP contribution in [0.3, 0.4) is 0 Å². The first-order valence-corrected chi connectivity index (χ1v) is 11.5. The van der Waals surface area contributed by atoms with E-state index in [1.54, 1.807) is 0 Å². The van der Waals surface area contributed by atoms with Crippen LogP contribution in [0.2, 0.25) is 0 Å². The van der Waals surface area contributed by atoms with Crippen molar-refractivity contribution < 1.29 is 9.59 Å². The summed E-state index contributed by atoms with van der Waals surface area (Å²) in [7, 11) is 0. The molecule has 1 heterocycles. The molecule has 0 atom stereocenters. The monoisotopic (exact) mass is 467 g/mol. The largest absolute Gasteiger partial charge is 0.368 e. The average Bonchev–Trinajstić information content (AvgIpc) is 2.80. The van der Waals surface area contributed by atoms with Gasteiger partial charge in [0.15, 0.2) is 0 Å². The summed E-state index contributed by atoms with van der Waals surface area (Å²) >= 11 is 0. The van der Waals surface area contributed by atoms with Gasteiger partial charge in [0.2, 0.25) is 5.91 Å². The molecule has 35 heavy (non-hydrogen) atoms. The highest BCUT2D eigenvalue weighted by molar-refractivity contribution is 6.09. The summed E-state index contributed by atoms with van der Waals surface area (Å²) in [5.74, 6) is -1.14. The number of nitrogens with zero attached hydrogens (tertiary/aromatic N) is 1. The summed E-state index contributed by atoms with van der Waals surface area (Å²) in [5, 5.41) is 4.07. The van der Waals surface area contributed by atoms with Gasteiger partial charge in [-0.2, -0.15) is 0 Å². The van der Waals surface area contributed by atoms with Crippen molar-refractivity contribution in [2.24, 2.45) is 5.73 Å². The lowest BCUT2D eigenvalue weighted by Gasteiger charge is -2.20. The number of amides is 2. The molecule has 4 aromatic rings. The summed E-state index contributed by atoms with van der Waals surface area (Å²) < 4.78 is 1.21. The maximum atomic E-state index is 13.7. The molecule has 0 aliphatic carbocycles. The highest BCUT2D eigenvalue weighted by Gasteiger charge is 2.24. The average molecular weight is 468 g/mol. The van der Waals surface area contributed by atoms with E-state index in [9.17, 15) is 14.4 Å². The van der Waals surface area contributed by atoms with Crippen molar-refractivity contribution >= 4 is 22.6 Å². The summed E-state index contributed by atoms with van der Waals surface area (Å²) in [6, 6.07) is 19.3. The van der Waals surface area contributed by atoms with E-state index >= 15 is 0 Å². The molecule has 3 aromatic carbocycles. The molecular formula is C29H29N3O3. The molecule has 0 fully saturated rings. The van der Waals surface area contributed by atoms with Crippen LogP contribution in [0.1, 0.15) is 38.3 Å². The molecule has 0 spiro atoms. The molecule has 0 aliphatic heterocycles. The summed E-state index contributed by atoms with van der Waals surface area (Å²) in [5.41, 5.74) is 11.7. The molecule has 0 radical (unpaired) electrons. The first kappa shape index (κ1) is 24.0. The zero-order valence-electron chi connectivity index (χ0n) is 20.4. The zero-order chi connectivity index (χ0) is 25.3. The van der Waals surface area contributed by atoms with Gasteiger partial charge in [-0.3, -0.25) is 19.0 Å². The number of rotatable bonds is 6. The van der Waals surface area contributed by atoms with E-state index in [2.05, 4.69) is 11.4 Å². The van der Waals surface area contributed by atoms with Crippen LogP contribution in [0.5, 0.6) is 0 Å². The molecule has 4 rings (SSSR count). The van der Waals surface area contributed by atoms with Crippen LogP contribution in [0.25, 0.3) is 21.9 Å². The van der Waals surface area contributed by atoms with E-state index in [1.807, 2.05) is 82.3 Å². The number of pyridine rings is 1. The Kier molecular flexibility index (Phi) is 6.56. The van der Waals surface area contributed by atoms with E-state index in [0.717, 1.165) is 33.4 Å². The van der Waals surface area contributed by atoms with E-state index in [-0.39, 0.29) is 12.2 Å². The maximum absolute atomic E-state index is 13.7. The van der Waals surface area contributed by atoms with Gasteiger partial charge in [0.05, 0.1) is 0 Å². The predicted molar refractivity (Wildman–Crippen MR) is 139 cm³/mol. The number of carbonyl (C=O) groups excluding carboxylic acids is 2. The third kappa shape index (κ3) is 4.87. The Balaban J connectivity index is 1.97. The number of aromatic nitrogens is 1. The third-order valence-electron chi connectivity index (χ3n) is 6.21. The van der Waals surface area contributed by atoms with Gasteiger partial charge in [-0.15, -0.1) is 0 Å². The topological polar surface area (TPSA) is 94.2 Å². The summed E-state index contributed by atoms with van der Waals surface area (Å²) in [4.78, 5) is 39.3. The Hall–Kier alpha value is -4.19. The molecule has 0 saturated carbocycles. The smallest absolute Gasteiger partial charge is 0.268 e. The number of nitrogens with one attached hydrogen (secondary N) is 1. The minimum atomic E-state index is -0.697. The number of nitrogens with two attached hydrogens (primary N) is 1. The van der Waals surface area contributed by atoms with Crippen molar-refractivity contribution in [1.29, 1.82) is 0 Å². The van der Waals surface area contributed by atoms with Crippen LogP contribution in [-0.2, 0) is 17.9 Å². The SMILES string of the molecule is Cc1cc(C)cc(CNC(=O)c2c(-c3ccccc3)c3cc(C)c(C)cc3c(=O)n2CC(N)=O)c1. The fraction of sp³-hybridized carbons (Fsp3) is 0.207. The number of hydrogen-bond acceptors (Lipinski definition) is 3. The van der Waals surface area contributed by atoms with Gasteiger partial charge in [-0.25, -0.2) is 0 Å². The molecule has 0 bridgehead atoms. The Morgan fingerprint density at radius 3 is 2.06 bits per heavy atom. The molecule has 0 aliphatic rings. The van der Waals surface area contributed by atoms with E-state index in [0.29, 0.717) is 16.3 Å². The standard InChI is InChI=1S/C29H29N3O3/c1-17-10-18(2)12-21(11-17)15-31-28(34)27-26(22-8-6-5-7-9-22)23-13-19(3)20(4)14-24(23)29(35)32(27)16-25(30)33/h5-14H,15-16H2,1-4H3,(H2,30,33)(H,31,34). The Bertz CT molecular complexity index is 1500. The number of carbonyl (C=O) groups is 2. The van der Waals surface area contributed by atoms with E-state index < -0.39 is 23.9 Å². The second kappa shape index (κ2) is 9.58. The molecule has 1 aromatic heterocycles. The van der Waals surface area contributed by atoms with Crippen LogP contribution in [0.15, 0.2) is 65.5 Å². The predicted octanol–water partition coefficient (Wildman–Crippen LogP) is 4.32. The van der Waals surface area contributed by atoms with Crippen molar-refractivity contribution in [2.75, 3.05) is 0 Å².